The van der Waals surface area contributed by atoms with Crippen LogP contribution in [0.5, 0.6) is 0 Å². The topological polar surface area (TPSA) is 18.5 Å². The minimum atomic E-state index is -0.373. The van der Waals surface area contributed by atoms with E-state index in [4.69, 9.17) is 16.2 Å². The van der Waals surface area contributed by atoms with Gasteiger partial charge in [0.25, 0.3) is 0 Å². The quantitative estimate of drug-likeness (QED) is 0.376. The van der Waals surface area contributed by atoms with Crippen LogP contribution in [0.3, 0.4) is 0 Å². The molecule has 4 aliphatic rings. The Kier molecular flexibility index (Phi) is 2.27. The minimum Gasteiger partial charge on any atom is -0.224 e. The molecule has 1 saturated heterocycles. The molecule has 0 aromatic heterocycles. The average Bonchev–Trinajstić information content (AvgIpc) is 3.03. The Morgan fingerprint density at radius 3 is 1.47 bits per heavy atom. The molecule has 1 saturated carbocycles. The lowest BCUT2D eigenvalue weighted by atomic mass is 9.63. The lowest BCUT2D eigenvalue weighted by Crippen LogP contribution is -2.61. The van der Waals surface area contributed by atoms with Crippen LogP contribution in [0.2, 0.25) is 0 Å². The highest BCUT2D eigenvalue weighted by Crippen LogP contribution is 2.72. The lowest BCUT2D eigenvalue weighted by molar-refractivity contribution is -0.461. The summed E-state index contributed by atoms with van der Waals surface area (Å²) < 4.78 is 0. The van der Waals surface area contributed by atoms with Gasteiger partial charge in [0.1, 0.15) is 11.2 Å². The molecule has 2 nitrogen and oxygen atoms in total. The highest BCUT2D eigenvalue weighted by atomic mass is 17.2. The minimum absolute atomic E-state index is 0.0253. The van der Waals surface area contributed by atoms with E-state index in [-0.39, 0.29) is 27.9 Å². The monoisotopic (exact) mass is 260 g/mol. The van der Waals surface area contributed by atoms with Crippen LogP contribution < -0.4 is 0 Å². The Labute approximate surface area is 116 Å². The van der Waals surface area contributed by atoms with Crippen molar-refractivity contribution in [2.45, 2.75) is 52.7 Å². The van der Waals surface area contributed by atoms with Crippen LogP contribution in [-0.4, -0.2) is 11.2 Å². The zero-order valence-corrected chi connectivity index (χ0v) is 12.8. The van der Waals surface area contributed by atoms with Gasteiger partial charge in [0.15, 0.2) is 0 Å². The summed E-state index contributed by atoms with van der Waals surface area (Å²) in [6.45, 7) is 13.2. The number of hydrogen-bond donors (Lipinski definition) is 0. The van der Waals surface area contributed by atoms with Crippen molar-refractivity contribution in [2.75, 3.05) is 0 Å². The van der Waals surface area contributed by atoms with Gasteiger partial charge < -0.3 is 0 Å². The fraction of sp³-hybridized carbons (Fsp3) is 0.765. The molecule has 2 heteroatoms. The molecule has 2 bridgehead atoms. The van der Waals surface area contributed by atoms with Crippen molar-refractivity contribution in [1.29, 1.82) is 0 Å². The summed E-state index contributed by atoms with van der Waals surface area (Å²) in [4.78, 5) is 11.9. The predicted molar refractivity (Wildman–Crippen MR) is 75.0 cm³/mol. The van der Waals surface area contributed by atoms with E-state index in [0.29, 0.717) is 11.8 Å². The van der Waals surface area contributed by atoms with Gasteiger partial charge in [-0.3, -0.25) is 0 Å². The maximum absolute atomic E-state index is 5.96. The zero-order valence-electron chi connectivity index (χ0n) is 12.8. The molecule has 2 fully saturated rings. The van der Waals surface area contributed by atoms with Crippen molar-refractivity contribution in [3.05, 3.63) is 12.2 Å². The molecular formula is C17H24O2. The molecule has 4 rings (SSSR count). The lowest BCUT2D eigenvalue weighted by Gasteiger charge is -2.55. The maximum atomic E-state index is 5.96. The van der Waals surface area contributed by atoms with E-state index in [0.717, 1.165) is 0 Å². The number of terminal acetylenes is 1. The summed E-state index contributed by atoms with van der Waals surface area (Å²) in [7, 11) is 0. The molecular weight excluding hydrogens is 236 g/mol. The van der Waals surface area contributed by atoms with E-state index in [1.165, 1.54) is 0 Å². The van der Waals surface area contributed by atoms with Crippen LogP contribution in [0, 0.1) is 40.9 Å². The maximum Gasteiger partial charge on any atom is 0.131 e. The van der Waals surface area contributed by atoms with Gasteiger partial charge in [-0.05, 0) is 23.0 Å². The predicted octanol–water partition coefficient (Wildman–Crippen LogP) is 3.58. The molecule has 1 unspecified atom stereocenters. The number of fused-ring (bicyclic) bond motifs is 1. The van der Waals surface area contributed by atoms with Gasteiger partial charge >= 0.3 is 0 Å². The summed E-state index contributed by atoms with van der Waals surface area (Å²) >= 11 is 0. The summed E-state index contributed by atoms with van der Waals surface area (Å²) in [5.41, 5.74) is -0.797. The van der Waals surface area contributed by atoms with Crippen LogP contribution in [0.1, 0.15) is 41.5 Å². The Morgan fingerprint density at radius 2 is 1.26 bits per heavy atom. The smallest absolute Gasteiger partial charge is 0.131 e. The first kappa shape index (κ1) is 13.2. The molecule has 0 amide bonds. The second kappa shape index (κ2) is 3.27. The fourth-order valence-electron chi connectivity index (χ4n) is 4.11. The summed E-state index contributed by atoms with van der Waals surface area (Å²) in [5, 5.41) is 0. The van der Waals surface area contributed by atoms with E-state index in [2.05, 4.69) is 59.6 Å². The molecule has 2 aliphatic carbocycles. The molecule has 2 aliphatic heterocycles. The second-order valence-electron chi connectivity index (χ2n) is 8.33. The number of hydrogen-bond acceptors (Lipinski definition) is 2. The largest absolute Gasteiger partial charge is 0.224 e. The van der Waals surface area contributed by atoms with E-state index >= 15 is 0 Å². The highest BCUT2D eigenvalue weighted by Gasteiger charge is 2.78. The first-order valence-corrected chi connectivity index (χ1v) is 7.14. The Bertz CT molecular complexity index is 447. The van der Waals surface area contributed by atoms with Crippen molar-refractivity contribution >= 4 is 0 Å². The van der Waals surface area contributed by atoms with E-state index < -0.39 is 0 Å². The zero-order chi connectivity index (χ0) is 14.3. The summed E-state index contributed by atoms with van der Waals surface area (Å²) in [6.07, 6.45) is 10.2. The van der Waals surface area contributed by atoms with Gasteiger partial charge in [0.05, 0.1) is 0 Å². The van der Waals surface area contributed by atoms with Crippen LogP contribution >= 0.6 is 0 Å². The standard InChI is InChI=1S/C17H24O2/c1-8-11-12-13(11)17(15(5,6)7)10-9-16(12,18-19-17)14(2,3)4/h1,9-13H,2-7H3/t11?,12-,13+,16-,17+. The average molecular weight is 260 g/mol. The van der Waals surface area contributed by atoms with Crippen molar-refractivity contribution in [2.24, 2.45) is 28.6 Å². The molecule has 0 aromatic rings. The van der Waals surface area contributed by atoms with Gasteiger partial charge in [-0.2, -0.15) is 0 Å². The van der Waals surface area contributed by atoms with Gasteiger partial charge in [-0.1, -0.05) is 41.5 Å². The van der Waals surface area contributed by atoms with Crippen LogP contribution in [0.15, 0.2) is 12.2 Å². The molecule has 0 radical (unpaired) electrons. The molecule has 104 valence electrons. The third-order valence-corrected chi connectivity index (χ3v) is 5.44. The van der Waals surface area contributed by atoms with Crippen molar-refractivity contribution < 1.29 is 9.78 Å². The second-order valence-corrected chi connectivity index (χ2v) is 8.33. The van der Waals surface area contributed by atoms with Crippen molar-refractivity contribution in [3.63, 3.8) is 0 Å². The van der Waals surface area contributed by atoms with Gasteiger partial charge in [0.2, 0.25) is 0 Å². The SMILES string of the molecule is C#CC1[C@@H]2[C@H]1[C@]1(C(C)(C)C)C=C[C@@]2(C(C)(C)C)OO1. The summed E-state index contributed by atoms with van der Waals surface area (Å²) in [5.74, 6) is 4.01. The Balaban J connectivity index is 2.14. The molecule has 0 N–H and O–H groups in total. The van der Waals surface area contributed by atoms with Crippen molar-refractivity contribution in [3.8, 4) is 12.3 Å². The van der Waals surface area contributed by atoms with E-state index in [1.54, 1.807) is 0 Å². The molecule has 0 aromatic carbocycles. The normalized spacial score (nSPS) is 47.7. The van der Waals surface area contributed by atoms with E-state index in [1.807, 2.05) is 0 Å². The first-order chi connectivity index (χ1) is 8.61. The van der Waals surface area contributed by atoms with Gasteiger partial charge in [0, 0.05) is 17.8 Å². The fourth-order valence-corrected chi connectivity index (χ4v) is 4.11. The van der Waals surface area contributed by atoms with Gasteiger partial charge in [-0.25, -0.2) is 9.78 Å². The molecule has 0 spiro atoms. The Morgan fingerprint density at radius 1 is 0.895 bits per heavy atom. The summed E-state index contributed by atoms with van der Waals surface area (Å²) in [6, 6.07) is 0. The highest BCUT2D eigenvalue weighted by molar-refractivity contribution is 5.40. The van der Waals surface area contributed by atoms with E-state index in [9.17, 15) is 0 Å². The van der Waals surface area contributed by atoms with Crippen molar-refractivity contribution in [1.82, 2.24) is 0 Å². The van der Waals surface area contributed by atoms with Crippen LogP contribution in [0.4, 0.5) is 0 Å². The van der Waals surface area contributed by atoms with Gasteiger partial charge in [-0.15, -0.1) is 12.3 Å². The molecule has 5 atom stereocenters. The molecule has 2 heterocycles. The molecule has 19 heavy (non-hydrogen) atoms. The third kappa shape index (κ3) is 1.31. The Hall–Kier alpha value is -0.780. The van der Waals surface area contributed by atoms with Crippen LogP contribution in [0.25, 0.3) is 0 Å². The third-order valence-electron chi connectivity index (χ3n) is 5.44. The first-order valence-electron chi connectivity index (χ1n) is 7.14. The van der Waals surface area contributed by atoms with Crippen LogP contribution in [-0.2, 0) is 9.78 Å². The number of rotatable bonds is 0.